The zero-order chi connectivity index (χ0) is 10.4. The fourth-order valence-corrected chi connectivity index (χ4v) is 1.89. The van der Waals surface area contributed by atoms with Crippen LogP contribution in [0.15, 0.2) is 24.4 Å². The minimum atomic E-state index is 0.478. The summed E-state index contributed by atoms with van der Waals surface area (Å²) in [5.41, 5.74) is 1.19. The van der Waals surface area contributed by atoms with Gasteiger partial charge in [-0.1, -0.05) is 26.8 Å². The van der Waals surface area contributed by atoms with Crippen molar-refractivity contribution in [1.82, 2.24) is 9.88 Å². The molecule has 14 heavy (non-hydrogen) atoms. The molecule has 1 rings (SSSR count). The van der Waals surface area contributed by atoms with E-state index in [4.69, 9.17) is 0 Å². The maximum absolute atomic E-state index is 4.43. The average molecular weight is 192 g/mol. The third kappa shape index (κ3) is 2.55. The molecule has 2 heteroatoms. The molecule has 1 unspecified atom stereocenters. The van der Waals surface area contributed by atoms with Crippen LogP contribution in [-0.2, 0) is 0 Å². The third-order valence-electron chi connectivity index (χ3n) is 2.67. The quantitative estimate of drug-likeness (QED) is 0.713. The topological polar surface area (TPSA) is 16.1 Å². The lowest BCUT2D eigenvalue weighted by Gasteiger charge is -2.28. The van der Waals surface area contributed by atoms with Crippen molar-refractivity contribution >= 4 is 0 Å². The third-order valence-corrected chi connectivity index (χ3v) is 2.67. The van der Waals surface area contributed by atoms with Crippen LogP contribution < -0.4 is 0 Å². The molecule has 1 aromatic heterocycles. The highest BCUT2D eigenvalue weighted by Crippen LogP contribution is 2.21. The van der Waals surface area contributed by atoms with E-state index in [-0.39, 0.29) is 0 Å². The summed E-state index contributed by atoms with van der Waals surface area (Å²) in [6, 6.07) is 6.63. The molecule has 2 nitrogen and oxygen atoms in total. The van der Waals surface area contributed by atoms with Gasteiger partial charge in [-0.05, 0) is 31.6 Å². The van der Waals surface area contributed by atoms with Gasteiger partial charge in [0.1, 0.15) is 0 Å². The van der Waals surface area contributed by atoms with Gasteiger partial charge in [-0.3, -0.25) is 9.88 Å². The summed E-state index contributed by atoms with van der Waals surface area (Å²) in [5.74, 6) is 0. The van der Waals surface area contributed by atoms with Gasteiger partial charge in [0.2, 0.25) is 0 Å². The normalized spacial score (nSPS) is 13.1. The van der Waals surface area contributed by atoms with Crippen molar-refractivity contribution in [2.24, 2.45) is 0 Å². The first-order chi connectivity index (χ1) is 6.83. The molecule has 0 aliphatic heterocycles. The van der Waals surface area contributed by atoms with Gasteiger partial charge < -0.3 is 0 Å². The second-order valence-electron chi connectivity index (χ2n) is 3.40. The van der Waals surface area contributed by atoms with Crippen LogP contribution in [0.4, 0.5) is 0 Å². The largest absolute Gasteiger partial charge is 0.295 e. The predicted octanol–water partition coefficient (Wildman–Crippen LogP) is 2.87. The Labute approximate surface area is 87.0 Å². The highest BCUT2D eigenvalue weighted by Gasteiger charge is 2.15. The Morgan fingerprint density at radius 2 is 1.93 bits per heavy atom. The molecular weight excluding hydrogens is 172 g/mol. The summed E-state index contributed by atoms with van der Waals surface area (Å²) in [6.45, 7) is 8.80. The lowest BCUT2D eigenvalue weighted by Crippen LogP contribution is -2.28. The Hall–Kier alpha value is -0.890. The highest BCUT2D eigenvalue weighted by atomic mass is 15.2. The minimum Gasteiger partial charge on any atom is -0.295 e. The molecule has 0 aromatic carbocycles. The van der Waals surface area contributed by atoms with Crippen molar-refractivity contribution in [1.29, 1.82) is 0 Å². The van der Waals surface area contributed by atoms with Crippen LogP contribution in [0, 0.1) is 0 Å². The molecule has 0 spiro atoms. The van der Waals surface area contributed by atoms with E-state index >= 15 is 0 Å². The Morgan fingerprint density at radius 3 is 2.36 bits per heavy atom. The van der Waals surface area contributed by atoms with Gasteiger partial charge in [-0.2, -0.15) is 0 Å². The lowest BCUT2D eigenvalue weighted by atomic mass is 10.1. The summed E-state index contributed by atoms with van der Waals surface area (Å²) in [7, 11) is 0. The Kier molecular flexibility index (Phi) is 4.60. The number of nitrogens with zero attached hydrogens (tertiary/aromatic N) is 2. The van der Waals surface area contributed by atoms with Gasteiger partial charge in [-0.25, -0.2) is 0 Å². The molecule has 0 aliphatic carbocycles. The smallest absolute Gasteiger partial charge is 0.0575 e. The molecule has 0 aliphatic rings. The number of pyridine rings is 1. The minimum absolute atomic E-state index is 0.478. The molecule has 0 saturated carbocycles. The van der Waals surface area contributed by atoms with Crippen LogP contribution in [0.2, 0.25) is 0 Å². The van der Waals surface area contributed by atoms with E-state index in [1.807, 2.05) is 12.3 Å². The molecule has 1 heterocycles. The van der Waals surface area contributed by atoms with E-state index < -0.39 is 0 Å². The van der Waals surface area contributed by atoms with Crippen molar-refractivity contribution in [2.75, 3.05) is 13.1 Å². The fraction of sp³-hybridized carbons (Fsp3) is 0.583. The van der Waals surface area contributed by atoms with Gasteiger partial charge >= 0.3 is 0 Å². The number of rotatable bonds is 5. The maximum Gasteiger partial charge on any atom is 0.0575 e. The molecule has 0 radical (unpaired) electrons. The summed E-state index contributed by atoms with van der Waals surface area (Å²) >= 11 is 0. The molecule has 0 fully saturated rings. The number of aromatic nitrogens is 1. The molecule has 1 atom stereocenters. The molecule has 0 amide bonds. The van der Waals surface area contributed by atoms with Crippen molar-refractivity contribution in [3.63, 3.8) is 0 Å². The van der Waals surface area contributed by atoms with Crippen molar-refractivity contribution < 1.29 is 0 Å². The standard InChI is InChI=1S/C12H20N2/c1-4-12(14(5-2)6-3)11-9-7-8-10-13-11/h7-10,12H,4-6H2,1-3H3. The lowest BCUT2D eigenvalue weighted by molar-refractivity contribution is 0.209. The van der Waals surface area contributed by atoms with Crippen LogP contribution in [0.25, 0.3) is 0 Å². The van der Waals surface area contributed by atoms with Crippen molar-refractivity contribution in [2.45, 2.75) is 33.2 Å². The number of hydrogen-bond acceptors (Lipinski definition) is 2. The monoisotopic (exact) mass is 192 g/mol. The predicted molar refractivity (Wildman–Crippen MR) is 60.2 cm³/mol. The maximum atomic E-state index is 4.43. The average Bonchev–Trinajstić information content (AvgIpc) is 2.27. The van der Waals surface area contributed by atoms with Crippen LogP contribution in [0.1, 0.15) is 38.9 Å². The zero-order valence-electron chi connectivity index (χ0n) is 9.40. The van der Waals surface area contributed by atoms with Crippen molar-refractivity contribution in [3.05, 3.63) is 30.1 Å². The van der Waals surface area contributed by atoms with Gasteiger partial charge in [0, 0.05) is 6.20 Å². The van der Waals surface area contributed by atoms with Crippen LogP contribution >= 0.6 is 0 Å². The van der Waals surface area contributed by atoms with Crippen molar-refractivity contribution in [3.8, 4) is 0 Å². The first-order valence-corrected chi connectivity index (χ1v) is 5.48. The molecule has 0 N–H and O–H groups in total. The van der Waals surface area contributed by atoms with Gasteiger partial charge in [0.25, 0.3) is 0 Å². The van der Waals surface area contributed by atoms with E-state index in [0.717, 1.165) is 19.5 Å². The Bertz CT molecular complexity index is 242. The van der Waals surface area contributed by atoms with Crippen LogP contribution in [0.5, 0.6) is 0 Å². The van der Waals surface area contributed by atoms with E-state index in [2.05, 4.69) is 42.8 Å². The Morgan fingerprint density at radius 1 is 1.21 bits per heavy atom. The molecule has 0 saturated heterocycles. The Balaban J connectivity index is 2.81. The summed E-state index contributed by atoms with van der Waals surface area (Å²) in [5, 5.41) is 0. The second kappa shape index (κ2) is 5.76. The molecule has 1 aromatic rings. The number of hydrogen-bond donors (Lipinski definition) is 0. The van der Waals surface area contributed by atoms with Gasteiger partial charge in [0.15, 0.2) is 0 Å². The summed E-state index contributed by atoms with van der Waals surface area (Å²) in [6.07, 6.45) is 3.00. The van der Waals surface area contributed by atoms with E-state index in [1.54, 1.807) is 0 Å². The summed E-state index contributed by atoms with van der Waals surface area (Å²) in [4.78, 5) is 6.87. The van der Waals surface area contributed by atoms with E-state index in [1.165, 1.54) is 5.69 Å². The van der Waals surface area contributed by atoms with Gasteiger partial charge in [0.05, 0.1) is 11.7 Å². The zero-order valence-corrected chi connectivity index (χ0v) is 9.40. The fourth-order valence-electron chi connectivity index (χ4n) is 1.89. The van der Waals surface area contributed by atoms with Crippen LogP contribution in [0.3, 0.4) is 0 Å². The van der Waals surface area contributed by atoms with Crippen LogP contribution in [-0.4, -0.2) is 23.0 Å². The SMILES string of the molecule is CCC(c1ccccn1)N(CC)CC. The first-order valence-electron chi connectivity index (χ1n) is 5.48. The van der Waals surface area contributed by atoms with Gasteiger partial charge in [-0.15, -0.1) is 0 Å². The summed E-state index contributed by atoms with van der Waals surface area (Å²) < 4.78 is 0. The second-order valence-corrected chi connectivity index (χ2v) is 3.40. The highest BCUT2D eigenvalue weighted by molar-refractivity contribution is 5.08. The van der Waals surface area contributed by atoms with E-state index in [0.29, 0.717) is 6.04 Å². The molecular formula is C12H20N2. The first kappa shape index (κ1) is 11.2. The molecule has 0 bridgehead atoms. The molecule has 78 valence electrons. The van der Waals surface area contributed by atoms with E-state index in [9.17, 15) is 0 Å².